The van der Waals surface area contributed by atoms with E-state index >= 15 is 0 Å². The van der Waals surface area contributed by atoms with Gasteiger partial charge in [-0.1, -0.05) is 12.1 Å². The van der Waals surface area contributed by atoms with Gasteiger partial charge in [-0.25, -0.2) is 18.1 Å². The van der Waals surface area contributed by atoms with Crippen LogP contribution in [0, 0.1) is 6.92 Å². The Morgan fingerprint density at radius 1 is 1.23 bits per heavy atom. The van der Waals surface area contributed by atoms with E-state index in [1.165, 1.54) is 13.0 Å². The molecule has 3 rings (SSSR count). The molecule has 1 aromatic carbocycles. The monoisotopic (exact) mass is 372 g/mol. The van der Waals surface area contributed by atoms with Crippen LogP contribution in [-0.4, -0.2) is 30.3 Å². The molecule has 136 valence electrons. The zero-order valence-electron chi connectivity index (χ0n) is 14.6. The van der Waals surface area contributed by atoms with E-state index < -0.39 is 10.0 Å². The van der Waals surface area contributed by atoms with Gasteiger partial charge in [-0.15, -0.1) is 0 Å². The molecule has 0 atom stereocenters. The number of amides is 1. The number of nitrogens with zero attached hydrogens (tertiary/aromatic N) is 2. The van der Waals surface area contributed by atoms with E-state index in [0.717, 1.165) is 11.3 Å². The summed E-state index contributed by atoms with van der Waals surface area (Å²) >= 11 is 0. The van der Waals surface area contributed by atoms with Gasteiger partial charge >= 0.3 is 0 Å². The summed E-state index contributed by atoms with van der Waals surface area (Å²) in [7, 11) is -3.69. The number of benzene rings is 1. The van der Waals surface area contributed by atoms with Crippen LogP contribution >= 0.6 is 0 Å². The fourth-order valence-corrected chi connectivity index (χ4v) is 3.97. The minimum absolute atomic E-state index is 0.152. The Morgan fingerprint density at radius 3 is 2.77 bits per heavy atom. The highest BCUT2D eigenvalue weighted by molar-refractivity contribution is 7.89. The number of aromatic nitrogens is 2. The minimum atomic E-state index is -3.69. The van der Waals surface area contributed by atoms with E-state index in [2.05, 4.69) is 15.0 Å². The summed E-state index contributed by atoms with van der Waals surface area (Å²) in [5, 5.41) is 2.60. The van der Waals surface area contributed by atoms with Crippen molar-refractivity contribution in [1.82, 2.24) is 14.1 Å². The van der Waals surface area contributed by atoms with Crippen LogP contribution in [0.15, 0.2) is 53.7 Å². The highest BCUT2D eigenvalue weighted by Crippen LogP contribution is 2.20. The van der Waals surface area contributed by atoms with Gasteiger partial charge in [0, 0.05) is 38.0 Å². The summed E-state index contributed by atoms with van der Waals surface area (Å²) in [4.78, 5) is 15.8. The van der Waals surface area contributed by atoms with Gasteiger partial charge in [0.15, 0.2) is 0 Å². The lowest BCUT2D eigenvalue weighted by molar-refractivity contribution is -0.114. The van der Waals surface area contributed by atoms with Crippen molar-refractivity contribution in [2.24, 2.45) is 0 Å². The molecule has 26 heavy (non-hydrogen) atoms. The molecule has 0 aliphatic carbocycles. The molecule has 0 saturated heterocycles. The first-order valence-electron chi connectivity index (χ1n) is 8.16. The molecule has 0 bridgehead atoms. The molecule has 0 radical (unpaired) electrons. The standard InChI is InChI=1S/C18H20N4O3S/c1-13-6-7-15(20-14(2)23)11-17(13)26(24,25)19-9-8-16-12-22-10-4-3-5-18(22)21-16/h3-7,10-12,19H,8-9H2,1-2H3,(H,20,23). The molecule has 2 aromatic heterocycles. The van der Waals surface area contributed by atoms with E-state index in [1.54, 1.807) is 19.1 Å². The maximum absolute atomic E-state index is 12.6. The Bertz CT molecular complexity index is 1020. The minimum Gasteiger partial charge on any atom is -0.326 e. The number of hydrogen-bond acceptors (Lipinski definition) is 4. The van der Waals surface area contributed by atoms with E-state index in [4.69, 9.17) is 0 Å². The van der Waals surface area contributed by atoms with Crippen molar-refractivity contribution in [2.45, 2.75) is 25.2 Å². The van der Waals surface area contributed by atoms with Gasteiger partial charge in [-0.3, -0.25) is 4.79 Å². The summed E-state index contributed by atoms with van der Waals surface area (Å²) in [6.45, 7) is 3.32. The summed E-state index contributed by atoms with van der Waals surface area (Å²) in [5.41, 5.74) is 2.69. The lowest BCUT2D eigenvalue weighted by Crippen LogP contribution is -2.27. The third-order valence-electron chi connectivity index (χ3n) is 3.89. The molecule has 0 aliphatic rings. The van der Waals surface area contributed by atoms with E-state index in [9.17, 15) is 13.2 Å². The Balaban J connectivity index is 1.71. The lowest BCUT2D eigenvalue weighted by atomic mass is 10.2. The molecule has 8 heteroatoms. The van der Waals surface area contributed by atoms with Crippen LogP contribution in [0.5, 0.6) is 0 Å². The average Bonchev–Trinajstić information content (AvgIpc) is 2.98. The second-order valence-corrected chi connectivity index (χ2v) is 7.74. The van der Waals surface area contributed by atoms with Crippen LogP contribution in [-0.2, 0) is 21.2 Å². The van der Waals surface area contributed by atoms with Gasteiger partial charge in [0.2, 0.25) is 15.9 Å². The zero-order chi connectivity index (χ0) is 18.7. The van der Waals surface area contributed by atoms with Crippen molar-refractivity contribution < 1.29 is 13.2 Å². The number of imidazole rings is 1. The molecule has 0 fully saturated rings. The van der Waals surface area contributed by atoms with Crippen LogP contribution in [0.2, 0.25) is 0 Å². The van der Waals surface area contributed by atoms with Crippen molar-refractivity contribution in [1.29, 1.82) is 0 Å². The number of sulfonamides is 1. The number of nitrogens with one attached hydrogen (secondary N) is 2. The van der Waals surface area contributed by atoms with Crippen molar-refractivity contribution in [3.8, 4) is 0 Å². The molecule has 0 saturated carbocycles. The van der Waals surface area contributed by atoms with Crippen LogP contribution in [0.4, 0.5) is 5.69 Å². The van der Waals surface area contributed by atoms with Crippen LogP contribution in [0.3, 0.4) is 0 Å². The summed E-state index contributed by atoms with van der Waals surface area (Å²) in [6.07, 6.45) is 4.25. The first-order valence-corrected chi connectivity index (χ1v) is 9.64. The number of fused-ring (bicyclic) bond motifs is 1. The molecule has 1 amide bonds. The number of carbonyl (C=O) groups is 1. The maximum Gasteiger partial charge on any atom is 0.240 e. The Kier molecular flexibility index (Phi) is 5.06. The molecule has 0 unspecified atom stereocenters. The zero-order valence-corrected chi connectivity index (χ0v) is 15.4. The van der Waals surface area contributed by atoms with Gasteiger partial charge in [-0.2, -0.15) is 0 Å². The Hall–Kier alpha value is -2.71. The van der Waals surface area contributed by atoms with Gasteiger partial charge < -0.3 is 9.72 Å². The molecule has 7 nitrogen and oxygen atoms in total. The molecular formula is C18H20N4O3S. The Labute approximate surface area is 152 Å². The smallest absolute Gasteiger partial charge is 0.240 e. The predicted octanol–water partition coefficient (Wildman–Crippen LogP) is 2.12. The van der Waals surface area contributed by atoms with Crippen molar-refractivity contribution >= 4 is 27.3 Å². The third-order valence-corrected chi connectivity index (χ3v) is 5.49. The Morgan fingerprint density at radius 2 is 2.04 bits per heavy atom. The van der Waals surface area contributed by atoms with Crippen LogP contribution < -0.4 is 10.0 Å². The largest absolute Gasteiger partial charge is 0.326 e. The normalized spacial score (nSPS) is 11.6. The van der Waals surface area contributed by atoms with E-state index in [-0.39, 0.29) is 17.3 Å². The molecular weight excluding hydrogens is 352 g/mol. The van der Waals surface area contributed by atoms with Crippen LogP contribution in [0.1, 0.15) is 18.2 Å². The fourth-order valence-electron chi connectivity index (χ4n) is 2.67. The van der Waals surface area contributed by atoms with Gasteiger partial charge in [0.1, 0.15) is 5.65 Å². The highest BCUT2D eigenvalue weighted by atomic mass is 32.2. The van der Waals surface area contributed by atoms with Gasteiger partial charge in [0.25, 0.3) is 0 Å². The molecule has 2 N–H and O–H groups in total. The first-order chi connectivity index (χ1) is 12.3. The number of anilines is 1. The number of pyridine rings is 1. The fraction of sp³-hybridized carbons (Fsp3) is 0.222. The molecule has 0 spiro atoms. The number of aryl methyl sites for hydroxylation is 1. The molecule has 2 heterocycles. The second-order valence-electron chi connectivity index (χ2n) is 6.01. The third kappa shape index (κ3) is 4.09. The lowest BCUT2D eigenvalue weighted by Gasteiger charge is -2.11. The number of carbonyl (C=O) groups excluding carboxylic acids is 1. The van der Waals surface area contributed by atoms with Crippen molar-refractivity contribution in [3.63, 3.8) is 0 Å². The second kappa shape index (κ2) is 7.27. The predicted molar refractivity (Wildman–Crippen MR) is 99.6 cm³/mol. The maximum atomic E-state index is 12.6. The summed E-state index contributed by atoms with van der Waals surface area (Å²) in [5.74, 6) is -0.253. The first kappa shape index (κ1) is 18.1. The molecule has 0 aliphatic heterocycles. The van der Waals surface area contributed by atoms with E-state index in [1.807, 2.05) is 35.0 Å². The SMILES string of the molecule is CC(=O)Nc1ccc(C)c(S(=O)(=O)NCCc2cn3ccccc3n2)c1. The van der Waals surface area contributed by atoms with Crippen LogP contribution in [0.25, 0.3) is 5.65 Å². The highest BCUT2D eigenvalue weighted by Gasteiger charge is 2.17. The molecule has 3 aromatic rings. The number of rotatable bonds is 6. The van der Waals surface area contributed by atoms with Gasteiger partial charge in [-0.05, 0) is 36.8 Å². The van der Waals surface area contributed by atoms with E-state index in [0.29, 0.717) is 17.7 Å². The van der Waals surface area contributed by atoms with Crippen molar-refractivity contribution in [3.05, 3.63) is 60.0 Å². The summed E-state index contributed by atoms with van der Waals surface area (Å²) < 4.78 is 29.7. The van der Waals surface area contributed by atoms with Gasteiger partial charge in [0.05, 0.1) is 10.6 Å². The topological polar surface area (TPSA) is 92.6 Å². The van der Waals surface area contributed by atoms with Crippen molar-refractivity contribution in [2.75, 3.05) is 11.9 Å². The average molecular weight is 372 g/mol. The quantitative estimate of drug-likeness (QED) is 0.693. The summed E-state index contributed by atoms with van der Waals surface area (Å²) in [6, 6.07) is 10.5. The number of hydrogen-bond donors (Lipinski definition) is 2.